The molecule has 136 valence electrons. The van der Waals surface area contributed by atoms with E-state index >= 15 is 0 Å². The van der Waals surface area contributed by atoms with E-state index < -0.39 is 0 Å². The number of aromatic nitrogens is 3. The van der Waals surface area contributed by atoms with Crippen LogP contribution in [-0.2, 0) is 7.05 Å². The lowest BCUT2D eigenvalue weighted by atomic mass is 9.92. The van der Waals surface area contributed by atoms with Crippen molar-refractivity contribution < 1.29 is 0 Å². The maximum Gasteiger partial charge on any atom is 0.0923 e. The number of nitrogens with zero attached hydrogens (tertiary/aromatic N) is 3. The minimum Gasteiger partial charge on any atom is -0.317 e. The highest BCUT2D eigenvalue weighted by Crippen LogP contribution is 2.31. The van der Waals surface area contributed by atoms with Crippen LogP contribution in [0.4, 0.5) is 0 Å². The fourth-order valence-corrected chi connectivity index (χ4v) is 4.26. The van der Waals surface area contributed by atoms with Crippen LogP contribution in [0, 0.1) is 6.92 Å². The smallest absolute Gasteiger partial charge is 0.0923 e. The normalized spacial score (nSPS) is 15.6. The van der Waals surface area contributed by atoms with Gasteiger partial charge in [0.1, 0.15) is 0 Å². The Bertz CT molecular complexity index is 1140. The van der Waals surface area contributed by atoms with Gasteiger partial charge in [0.05, 0.1) is 11.0 Å². The number of nitrogens with one attached hydrogen (secondary N) is 1. The number of piperidine rings is 1. The molecule has 0 radical (unpaired) electrons. The van der Waals surface area contributed by atoms with Crippen molar-refractivity contribution in [2.24, 2.45) is 7.05 Å². The second-order valence-corrected chi connectivity index (χ2v) is 7.70. The third-order valence-corrected chi connectivity index (χ3v) is 5.75. The van der Waals surface area contributed by atoms with Crippen molar-refractivity contribution >= 4 is 21.8 Å². The molecule has 2 aromatic heterocycles. The predicted octanol–water partition coefficient (Wildman–Crippen LogP) is 4.56. The second-order valence-electron chi connectivity index (χ2n) is 7.70. The molecule has 0 aliphatic carbocycles. The molecule has 4 heteroatoms. The van der Waals surface area contributed by atoms with Crippen LogP contribution in [-0.4, -0.2) is 27.9 Å². The number of pyridine rings is 1. The van der Waals surface area contributed by atoms with Crippen LogP contribution in [0.1, 0.15) is 30.0 Å². The third kappa shape index (κ3) is 3.00. The van der Waals surface area contributed by atoms with E-state index in [0.29, 0.717) is 5.92 Å². The molecular formula is C23H24N4. The molecule has 1 fully saturated rings. The number of hydrogen-bond acceptors (Lipinski definition) is 3. The monoisotopic (exact) mass is 356 g/mol. The Morgan fingerprint density at radius 2 is 1.70 bits per heavy atom. The van der Waals surface area contributed by atoms with Gasteiger partial charge in [-0.2, -0.15) is 5.10 Å². The summed E-state index contributed by atoms with van der Waals surface area (Å²) in [5.41, 5.74) is 7.16. The molecule has 1 N–H and O–H groups in total. The maximum absolute atomic E-state index is 5.01. The minimum absolute atomic E-state index is 0.585. The van der Waals surface area contributed by atoms with Gasteiger partial charge in [-0.1, -0.05) is 12.1 Å². The average molecular weight is 356 g/mol. The number of rotatable bonds is 2. The third-order valence-electron chi connectivity index (χ3n) is 5.75. The van der Waals surface area contributed by atoms with Crippen LogP contribution < -0.4 is 5.32 Å². The summed E-state index contributed by atoms with van der Waals surface area (Å²) < 4.78 is 1.87. The van der Waals surface area contributed by atoms with Crippen molar-refractivity contribution in [1.29, 1.82) is 0 Å². The molecule has 0 unspecified atom stereocenters. The molecule has 1 aliphatic rings. The van der Waals surface area contributed by atoms with Gasteiger partial charge in [-0.05, 0) is 79.9 Å². The van der Waals surface area contributed by atoms with E-state index in [1.807, 2.05) is 11.7 Å². The Morgan fingerprint density at radius 1 is 0.963 bits per heavy atom. The van der Waals surface area contributed by atoms with Crippen molar-refractivity contribution in [2.45, 2.75) is 25.7 Å². The van der Waals surface area contributed by atoms with Gasteiger partial charge < -0.3 is 5.32 Å². The Balaban J connectivity index is 1.56. The summed E-state index contributed by atoms with van der Waals surface area (Å²) in [4.78, 5) is 5.01. The molecule has 0 atom stereocenters. The topological polar surface area (TPSA) is 42.7 Å². The van der Waals surface area contributed by atoms with E-state index in [0.717, 1.165) is 24.1 Å². The van der Waals surface area contributed by atoms with Crippen LogP contribution in [0.15, 0.2) is 48.7 Å². The van der Waals surface area contributed by atoms with Gasteiger partial charge in [-0.15, -0.1) is 0 Å². The number of aryl methyl sites for hydroxylation is 2. The van der Waals surface area contributed by atoms with E-state index in [4.69, 9.17) is 4.98 Å². The Labute approximate surface area is 159 Å². The number of benzene rings is 2. The first-order valence-corrected chi connectivity index (χ1v) is 9.73. The molecule has 0 bridgehead atoms. The van der Waals surface area contributed by atoms with Crippen molar-refractivity contribution in [3.63, 3.8) is 0 Å². The van der Waals surface area contributed by atoms with Gasteiger partial charge in [0.2, 0.25) is 0 Å². The lowest BCUT2D eigenvalue weighted by molar-refractivity contribution is 0.454. The highest BCUT2D eigenvalue weighted by Gasteiger charge is 2.17. The maximum atomic E-state index is 5.01. The zero-order valence-electron chi connectivity index (χ0n) is 15.9. The molecule has 0 amide bonds. The minimum atomic E-state index is 0.585. The first-order chi connectivity index (χ1) is 13.2. The van der Waals surface area contributed by atoms with Gasteiger partial charge in [-0.25, -0.2) is 0 Å². The fraction of sp³-hybridized carbons (Fsp3) is 0.304. The van der Waals surface area contributed by atoms with E-state index in [2.05, 4.69) is 66.0 Å². The highest BCUT2D eigenvalue weighted by molar-refractivity contribution is 5.90. The molecular weight excluding hydrogens is 332 g/mol. The quantitative estimate of drug-likeness (QED) is 0.572. The largest absolute Gasteiger partial charge is 0.317 e. The van der Waals surface area contributed by atoms with Gasteiger partial charge in [-0.3, -0.25) is 9.67 Å². The standard InChI is InChI=1S/C23H24N4/c1-15-11-23(16-7-9-24-10-8-16)25-22-6-4-18(13-20(15)22)17-3-5-21-19(12-17)14-27(2)26-21/h3-6,11-14,16,24H,7-10H2,1-2H3. The molecule has 4 nitrogen and oxygen atoms in total. The van der Waals surface area contributed by atoms with Crippen LogP contribution in [0.25, 0.3) is 32.9 Å². The molecule has 27 heavy (non-hydrogen) atoms. The first-order valence-electron chi connectivity index (χ1n) is 9.73. The SMILES string of the molecule is Cc1cc(C2CCNCC2)nc2ccc(-c3ccc4nn(C)cc4c3)cc12. The summed E-state index contributed by atoms with van der Waals surface area (Å²) in [5, 5.41) is 10.3. The molecule has 2 aromatic carbocycles. The van der Waals surface area contributed by atoms with Crippen LogP contribution in [0.2, 0.25) is 0 Å². The van der Waals surface area contributed by atoms with Gasteiger partial charge in [0, 0.05) is 35.6 Å². The van der Waals surface area contributed by atoms with E-state index in [1.54, 1.807) is 0 Å². The zero-order chi connectivity index (χ0) is 18.4. The Kier molecular flexibility index (Phi) is 3.94. The Hall–Kier alpha value is -2.72. The van der Waals surface area contributed by atoms with E-state index in [1.165, 1.54) is 46.0 Å². The number of fused-ring (bicyclic) bond motifs is 2. The van der Waals surface area contributed by atoms with E-state index in [-0.39, 0.29) is 0 Å². The van der Waals surface area contributed by atoms with E-state index in [9.17, 15) is 0 Å². The van der Waals surface area contributed by atoms with Gasteiger partial charge in [0.15, 0.2) is 0 Å². The molecule has 4 aromatic rings. The number of hydrogen-bond donors (Lipinski definition) is 1. The summed E-state index contributed by atoms with van der Waals surface area (Å²) in [6, 6.07) is 15.4. The van der Waals surface area contributed by atoms with Crippen molar-refractivity contribution in [1.82, 2.24) is 20.1 Å². The highest BCUT2D eigenvalue weighted by atomic mass is 15.2. The van der Waals surface area contributed by atoms with Crippen LogP contribution >= 0.6 is 0 Å². The molecule has 5 rings (SSSR count). The zero-order valence-corrected chi connectivity index (χ0v) is 15.9. The van der Waals surface area contributed by atoms with Crippen molar-refractivity contribution in [2.75, 3.05) is 13.1 Å². The summed E-state index contributed by atoms with van der Waals surface area (Å²) in [7, 11) is 1.96. The van der Waals surface area contributed by atoms with Crippen LogP contribution in [0.3, 0.4) is 0 Å². The molecule has 1 aliphatic heterocycles. The van der Waals surface area contributed by atoms with Gasteiger partial charge >= 0.3 is 0 Å². The predicted molar refractivity (Wildman–Crippen MR) is 111 cm³/mol. The summed E-state index contributed by atoms with van der Waals surface area (Å²) in [5.74, 6) is 0.585. The molecule has 3 heterocycles. The summed E-state index contributed by atoms with van der Waals surface area (Å²) in [6.45, 7) is 4.40. The van der Waals surface area contributed by atoms with Crippen molar-refractivity contribution in [3.8, 4) is 11.1 Å². The molecule has 1 saturated heterocycles. The second kappa shape index (κ2) is 6.46. The fourth-order valence-electron chi connectivity index (χ4n) is 4.26. The Morgan fingerprint density at radius 3 is 2.52 bits per heavy atom. The van der Waals surface area contributed by atoms with Gasteiger partial charge in [0.25, 0.3) is 0 Å². The van der Waals surface area contributed by atoms with Crippen molar-refractivity contribution in [3.05, 3.63) is 59.9 Å². The average Bonchev–Trinajstić information content (AvgIpc) is 3.07. The summed E-state index contributed by atoms with van der Waals surface area (Å²) >= 11 is 0. The lowest BCUT2D eigenvalue weighted by Crippen LogP contribution is -2.27. The lowest BCUT2D eigenvalue weighted by Gasteiger charge is -2.23. The van der Waals surface area contributed by atoms with Crippen LogP contribution in [0.5, 0.6) is 0 Å². The molecule has 0 saturated carbocycles. The first kappa shape index (κ1) is 16.5. The summed E-state index contributed by atoms with van der Waals surface area (Å²) in [6.07, 6.45) is 4.43. The molecule has 0 spiro atoms.